The fourth-order valence-electron chi connectivity index (χ4n) is 2.53. The van der Waals surface area contributed by atoms with Gasteiger partial charge in [0.1, 0.15) is 0 Å². The van der Waals surface area contributed by atoms with Gasteiger partial charge in [-0.05, 0) is 12.8 Å². The zero-order valence-electron chi connectivity index (χ0n) is 11.0. The summed E-state index contributed by atoms with van der Waals surface area (Å²) in [7, 11) is 1.41. The zero-order chi connectivity index (χ0) is 12.7. The number of hydrogen-bond donors (Lipinski definition) is 2. The van der Waals surface area contributed by atoms with E-state index in [1.54, 1.807) is 0 Å². The van der Waals surface area contributed by atoms with Crippen LogP contribution in [0.15, 0.2) is 0 Å². The van der Waals surface area contributed by atoms with Gasteiger partial charge in [0.25, 0.3) is 0 Å². The number of hydrogen-bond acceptors (Lipinski definition) is 4. The van der Waals surface area contributed by atoms with E-state index in [0.29, 0.717) is 6.54 Å². The van der Waals surface area contributed by atoms with Gasteiger partial charge in [-0.25, -0.2) is 0 Å². The number of aliphatic hydroxyl groups excluding tert-OH is 1. The third kappa shape index (κ3) is 4.28. The lowest BCUT2D eigenvalue weighted by atomic mass is 9.74. The second-order valence-electron chi connectivity index (χ2n) is 5.27. The van der Waals surface area contributed by atoms with Gasteiger partial charge in [-0.3, -0.25) is 4.79 Å². The van der Waals surface area contributed by atoms with Gasteiger partial charge in [-0.15, -0.1) is 0 Å². The predicted octanol–water partition coefficient (Wildman–Crippen LogP) is 1.33. The van der Waals surface area contributed by atoms with Crippen molar-refractivity contribution in [2.75, 3.05) is 26.8 Å². The summed E-state index contributed by atoms with van der Waals surface area (Å²) in [5, 5.41) is 12.8. The summed E-state index contributed by atoms with van der Waals surface area (Å²) in [6, 6.07) is 0. The number of aliphatic hydroxyl groups is 1. The first-order valence-electron chi connectivity index (χ1n) is 6.53. The minimum Gasteiger partial charge on any atom is -0.469 e. The number of esters is 1. The van der Waals surface area contributed by atoms with E-state index in [1.165, 1.54) is 26.4 Å². The van der Waals surface area contributed by atoms with Crippen molar-refractivity contribution in [1.29, 1.82) is 0 Å². The summed E-state index contributed by atoms with van der Waals surface area (Å²) in [6.07, 6.45) is 5.86. The molecule has 0 aromatic carbocycles. The van der Waals surface area contributed by atoms with E-state index in [2.05, 4.69) is 10.1 Å². The highest BCUT2D eigenvalue weighted by molar-refractivity contribution is 5.71. The fraction of sp³-hybridized carbons (Fsp3) is 0.923. The molecule has 4 heteroatoms. The van der Waals surface area contributed by atoms with Crippen LogP contribution in [0.25, 0.3) is 0 Å². The molecule has 0 bridgehead atoms. The van der Waals surface area contributed by atoms with E-state index in [1.807, 2.05) is 6.92 Å². The topological polar surface area (TPSA) is 58.6 Å². The van der Waals surface area contributed by atoms with Gasteiger partial charge in [0.2, 0.25) is 0 Å². The molecule has 1 rings (SSSR count). The molecule has 1 unspecified atom stereocenters. The third-order valence-corrected chi connectivity index (χ3v) is 3.80. The van der Waals surface area contributed by atoms with Crippen LogP contribution in [0.1, 0.15) is 39.0 Å². The van der Waals surface area contributed by atoms with Crippen LogP contribution in [-0.4, -0.2) is 37.9 Å². The highest BCUT2D eigenvalue weighted by Gasteiger charge is 2.31. The van der Waals surface area contributed by atoms with Gasteiger partial charge in [0.15, 0.2) is 0 Å². The van der Waals surface area contributed by atoms with Crippen molar-refractivity contribution in [3.63, 3.8) is 0 Å². The lowest BCUT2D eigenvalue weighted by molar-refractivity contribution is -0.144. The maximum absolute atomic E-state index is 11.2. The van der Waals surface area contributed by atoms with Crippen LogP contribution in [0, 0.1) is 11.3 Å². The first-order chi connectivity index (χ1) is 8.13. The quantitative estimate of drug-likeness (QED) is 0.691. The van der Waals surface area contributed by atoms with Crippen molar-refractivity contribution in [1.82, 2.24) is 5.32 Å². The Morgan fingerprint density at radius 1 is 1.41 bits per heavy atom. The summed E-state index contributed by atoms with van der Waals surface area (Å²) in [4.78, 5) is 11.2. The van der Waals surface area contributed by atoms with E-state index in [0.717, 1.165) is 19.4 Å². The maximum atomic E-state index is 11.2. The van der Waals surface area contributed by atoms with Gasteiger partial charge < -0.3 is 15.2 Å². The molecule has 0 aromatic heterocycles. The molecular weight excluding hydrogens is 218 g/mol. The molecule has 1 aliphatic carbocycles. The minimum absolute atomic E-state index is 0.0358. The molecule has 4 nitrogen and oxygen atoms in total. The van der Waals surface area contributed by atoms with Crippen LogP contribution in [-0.2, 0) is 9.53 Å². The van der Waals surface area contributed by atoms with Crippen molar-refractivity contribution in [2.45, 2.75) is 39.0 Å². The van der Waals surface area contributed by atoms with E-state index < -0.39 is 0 Å². The molecule has 100 valence electrons. The highest BCUT2D eigenvalue weighted by Crippen LogP contribution is 2.35. The van der Waals surface area contributed by atoms with Crippen LogP contribution in [0.2, 0.25) is 0 Å². The van der Waals surface area contributed by atoms with Crippen molar-refractivity contribution < 1.29 is 14.6 Å². The second kappa shape index (κ2) is 6.97. The minimum atomic E-state index is -0.181. The van der Waals surface area contributed by atoms with Crippen molar-refractivity contribution in [2.24, 2.45) is 11.3 Å². The van der Waals surface area contributed by atoms with Crippen LogP contribution in [0.3, 0.4) is 0 Å². The summed E-state index contributed by atoms with van der Waals surface area (Å²) in [5.74, 6) is -0.307. The van der Waals surface area contributed by atoms with Crippen molar-refractivity contribution in [3.8, 4) is 0 Å². The Kier molecular flexibility index (Phi) is 5.92. The lowest BCUT2D eigenvalue weighted by Crippen LogP contribution is -2.41. The first-order valence-corrected chi connectivity index (χ1v) is 6.53. The van der Waals surface area contributed by atoms with Crippen LogP contribution >= 0.6 is 0 Å². The maximum Gasteiger partial charge on any atom is 0.309 e. The number of methoxy groups -OCH3 is 1. The molecule has 1 aliphatic rings. The molecule has 0 radical (unpaired) electrons. The number of carbonyl (C=O) groups excluding carboxylic acids is 1. The summed E-state index contributed by atoms with van der Waals surface area (Å²) in [5.41, 5.74) is 0.0358. The second-order valence-corrected chi connectivity index (χ2v) is 5.27. The molecule has 0 saturated heterocycles. The van der Waals surface area contributed by atoms with E-state index in [9.17, 15) is 9.90 Å². The Balaban J connectivity index is 2.30. The Morgan fingerprint density at radius 3 is 2.59 bits per heavy atom. The molecule has 0 spiro atoms. The summed E-state index contributed by atoms with van der Waals surface area (Å²) >= 11 is 0. The van der Waals surface area contributed by atoms with E-state index in [-0.39, 0.29) is 23.9 Å². The molecule has 0 aliphatic heterocycles. The van der Waals surface area contributed by atoms with Gasteiger partial charge in [0.05, 0.1) is 13.0 Å². The molecule has 1 saturated carbocycles. The van der Waals surface area contributed by atoms with Gasteiger partial charge in [-0.1, -0.05) is 26.2 Å². The van der Waals surface area contributed by atoms with Crippen LogP contribution in [0.5, 0.6) is 0 Å². The molecule has 1 atom stereocenters. The summed E-state index contributed by atoms with van der Waals surface area (Å²) < 4.78 is 4.68. The number of carbonyl (C=O) groups is 1. The van der Waals surface area contributed by atoms with Crippen LogP contribution in [0.4, 0.5) is 0 Å². The highest BCUT2D eigenvalue weighted by atomic mass is 16.5. The molecule has 17 heavy (non-hydrogen) atoms. The van der Waals surface area contributed by atoms with Crippen molar-refractivity contribution in [3.05, 3.63) is 0 Å². The first kappa shape index (κ1) is 14.5. The Labute approximate surface area is 104 Å². The largest absolute Gasteiger partial charge is 0.469 e. The van der Waals surface area contributed by atoms with E-state index >= 15 is 0 Å². The van der Waals surface area contributed by atoms with Crippen molar-refractivity contribution >= 4 is 5.97 Å². The standard InChI is InChI=1S/C13H25NO3/c1-11(12(16)17-2)8-14-9-13(10-15)6-4-3-5-7-13/h11,14-15H,3-10H2,1-2H3. The molecule has 0 heterocycles. The lowest BCUT2D eigenvalue weighted by Gasteiger charge is -2.36. The molecule has 2 N–H and O–H groups in total. The zero-order valence-corrected chi connectivity index (χ0v) is 11.0. The average molecular weight is 243 g/mol. The van der Waals surface area contributed by atoms with Gasteiger partial charge in [-0.2, -0.15) is 0 Å². The Morgan fingerprint density at radius 2 is 2.06 bits per heavy atom. The fourth-order valence-corrected chi connectivity index (χ4v) is 2.53. The normalized spacial score (nSPS) is 20.9. The molecule has 0 amide bonds. The predicted molar refractivity (Wildman–Crippen MR) is 66.7 cm³/mol. The number of rotatable bonds is 6. The molecule has 0 aromatic rings. The van der Waals surface area contributed by atoms with Gasteiger partial charge >= 0.3 is 5.97 Å². The third-order valence-electron chi connectivity index (χ3n) is 3.80. The van der Waals surface area contributed by atoms with Gasteiger partial charge in [0, 0.05) is 25.1 Å². The monoisotopic (exact) mass is 243 g/mol. The molecular formula is C13H25NO3. The number of ether oxygens (including phenoxy) is 1. The smallest absolute Gasteiger partial charge is 0.309 e. The number of nitrogens with one attached hydrogen (secondary N) is 1. The van der Waals surface area contributed by atoms with Crippen LogP contribution < -0.4 is 5.32 Å². The Bertz CT molecular complexity index is 237. The average Bonchev–Trinajstić information content (AvgIpc) is 2.38. The SMILES string of the molecule is COC(=O)C(C)CNCC1(CO)CCCCC1. The Hall–Kier alpha value is -0.610. The summed E-state index contributed by atoms with van der Waals surface area (Å²) in [6.45, 7) is 3.51. The molecule has 1 fully saturated rings. The van der Waals surface area contributed by atoms with E-state index in [4.69, 9.17) is 0 Å².